The number of halogens is 2. The number of aromatic nitrogens is 1. The van der Waals surface area contributed by atoms with Crippen LogP contribution < -0.4 is 4.90 Å². The summed E-state index contributed by atoms with van der Waals surface area (Å²) in [5, 5.41) is 0.823. The molecule has 1 saturated heterocycles. The Bertz CT molecular complexity index is 924. The monoisotopic (exact) mass is 406 g/mol. The fourth-order valence-corrected chi connectivity index (χ4v) is 3.99. The van der Waals surface area contributed by atoms with Crippen LogP contribution in [0.25, 0.3) is 10.2 Å². The van der Waals surface area contributed by atoms with Crippen molar-refractivity contribution in [1.29, 1.82) is 0 Å². The molecule has 0 N–H and O–H groups in total. The lowest BCUT2D eigenvalue weighted by Crippen LogP contribution is -2.53. The van der Waals surface area contributed by atoms with Crippen molar-refractivity contribution >= 4 is 48.6 Å². The van der Waals surface area contributed by atoms with E-state index in [0.29, 0.717) is 18.7 Å². The molecule has 24 heavy (non-hydrogen) atoms. The summed E-state index contributed by atoms with van der Waals surface area (Å²) in [4.78, 5) is 18.7. The van der Waals surface area contributed by atoms with Crippen molar-refractivity contribution in [3.8, 4) is 0 Å². The Morgan fingerprint density at radius 2 is 2.08 bits per heavy atom. The molecule has 4 rings (SSSR count). The normalized spacial score (nSPS) is 14.7. The number of rotatable bonds is 3. The molecular formula is C17H12BrFN2O2S. The van der Waals surface area contributed by atoms with Crippen LogP contribution in [0, 0.1) is 5.82 Å². The fraction of sp³-hybridized carbons (Fsp3) is 0.176. The number of hydrogen-bond acceptors (Lipinski definition) is 5. The van der Waals surface area contributed by atoms with Gasteiger partial charge in [0.2, 0.25) is 0 Å². The molecule has 0 radical (unpaired) electrons. The number of carbonyl (C=O) groups is 1. The molecule has 0 unspecified atom stereocenters. The van der Waals surface area contributed by atoms with Gasteiger partial charge in [0, 0.05) is 4.47 Å². The number of carbonyl (C=O) groups excluding carboxylic acids is 1. The lowest BCUT2D eigenvalue weighted by molar-refractivity contribution is 0.0233. The van der Waals surface area contributed by atoms with Crippen molar-refractivity contribution in [2.75, 3.05) is 18.0 Å². The van der Waals surface area contributed by atoms with E-state index in [2.05, 4.69) is 20.9 Å². The van der Waals surface area contributed by atoms with Crippen molar-refractivity contribution in [2.24, 2.45) is 0 Å². The van der Waals surface area contributed by atoms with Crippen LogP contribution in [0.3, 0.4) is 0 Å². The van der Waals surface area contributed by atoms with Gasteiger partial charge >= 0.3 is 5.97 Å². The van der Waals surface area contributed by atoms with Gasteiger partial charge in [-0.05, 0) is 46.3 Å². The molecule has 0 spiro atoms. The second-order valence-corrected chi connectivity index (χ2v) is 7.38. The maximum Gasteiger partial charge on any atom is 0.339 e. The van der Waals surface area contributed by atoms with E-state index in [4.69, 9.17) is 4.74 Å². The Labute approximate surface area is 150 Å². The van der Waals surface area contributed by atoms with E-state index in [1.54, 1.807) is 18.2 Å². The lowest BCUT2D eigenvalue weighted by atomic mass is 10.2. The zero-order valence-electron chi connectivity index (χ0n) is 12.4. The smallest absolute Gasteiger partial charge is 0.339 e. The summed E-state index contributed by atoms with van der Waals surface area (Å²) >= 11 is 4.79. The Kier molecular flexibility index (Phi) is 3.97. The van der Waals surface area contributed by atoms with Crippen molar-refractivity contribution < 1.29 is 13.9 Å². The molecular weight excluding hydrogens is 395 g/mol. The van der Waals surface area contributed by atoms with Gasteiger partial charge in [0.05, 0.1) is 28.9 Å². The highest BCUT2D eigenvalue weighted by Gasteiger charge is 2.32. The van der Waals surface area contributed by atoms with Gasteiger partial charge in [0.1, 0.15) is 11.9 Å². The third kappa shape index (κ3) is 2.89. The summed E-state index contributed by atoms with van der Waals surface area (Å²) in [6, 6.07) is 11.8. The first-order chi connectivity index (χ1) is 11.6. The fourth-order valence-electron chi connectivity index (χ4n) is 2.53. The molecule has 7 heteroatoms. The van der Waals surface area contributed by atoms with E-state index >= 15 is 0 Å². The van der Waals surface area contributed by atoms with Crippen LogP contribution in [0.5, 0.6) is 0 Å². The van der Waals surface area contributed by atoms with E-state index < -0.39 is 0 Å². The highest BCUT2D eigenvalue weighted by atomic mass is 79.9. The first kappa shape index (κ1) is 15.5. The summed E-state index contributed by atoms with van der Waals surface area (Å²) in [6.07, 6.45) is -0.159. The third-order valence-corrected chi connectivity index (χ3v) is 5.60. The Morgan fingerprint density at radius 3 is 2.88 bits per heavy atom. The van der Waals surface area contributed by atoms with Gasteiger partial charge in [-0.1, -0.05) is 23.5 Å². The molecule has 1 aromatic heterocycles. The van der Waals surface area contributed by atoms with Crippen LogP contribution in [0.2, 0.25) is 0 Å². The SMILES string of the molecule is O=C(OC1CN(c2nc3ccc(F)cc3s2)C1)c1ccccc1Br. The molecule has 4 nitrogen and oxygen atoms in total. The first-order valence-electron chi connectivity index (χ1n) is 7.37. The minimum Gasteiger partial charge on any atom is -0.455 e. The number of benzene rings is 2. The summed E-state index contributed by atoms with van der Waals surface area (Å²) in [6.45, 7) is 1.19. The summed E-state index contributed by atoms with van der Waals surface area (Å²) in [5.74, 6) is -0.597. The van der Waals surface area contributed by atoms with Crippen molar-refractivity contribution in [3.05, 3.63) is 58.3 Å². The van der Waals surface area contributed by atoms with Gasteiger partial charge in [-0.2, -0.15) is 0 Å². The molecule has 3 aromatic rings. The molecule has 2 aromatic carbocycles. The average Bonchev–Trinajstić information content (AvgIpc) is 2.93. The predicted molar refractivity (Wildman–Crippen MR) is 95.1 cm³/mol. The quantitative estimate of drug-likeness (QED) is 0.609. The molecule has 1 fully saturated rings. The highest BCUT2D eigenvalue weighted by Crippen LogP contribution is 2.32. The zero-order valence-corrected chi connectivity index (χ0v) is 14.8. The van der Waals surface area contributed by atoms with Crippen LogP contribution in [-0.4, -0.2) is 30.1 Å². The van der Waals surface area contributed by atoms with Crippen LogP contribution in [0.4, 0.5) is 9.52 Å². The van der Waals surface area contributed by atoms with Crippen LogP contribution in [0.1, 0.15) is 10.4 Å². The molecule has 122 valence electrons. The lowest BCUT2D eigenvalue weighted by Gasteiger charge is -2.38. The molecule has 0 saturated carbocycles. The Hall–Kier alpha value is -1.99. The van der Waals surface area contributed by atoms with Gasteiger partial charge in [-0.15, -0.1) is 0 Å². The molecule has 1 aliphatic heterocycles. The predicted octanol–water partition coefficient (Wildman–Crippen LogP) is 4.24. The first-order valence-corrected chi connectivity index (χ1v) is 8.97. The van der Waals surface area contributed by atoms with E-state index in [1.165, 1.54) is 23.5 Å². The van der Waals surface area contributed by atoms with E-state index in [0.717, 1.165) is 19.8 Å². The number of esters is 1. The topological polar surface area (TPSA) is 42.4 Å². The molecule has 1 aliphatic rings. The maximum absolute atomic E-state index is 13.2. The number of hydrogen-bond donors (Lipinski definition) is 0. The van der Waals surface area contributed by atoms with E-state index in [1.807, 2.05) is 17.0 Å². The van der Waals surface area contributed by atoms with E-state index in [-0.39, 0.29) is 17.9 Å². The van der Waals surface area contributed by atoms with Gasteiger partial charge in [-0.25, -0.2) is 14.2 Å². The summed E-state index contributed by atoms with van der Waals surface area (Å²) < 4.78 is 20.3. The van der Waals surface area contributed by atoms with Crippen molar-refractivity contribution in [1.82, 2.24) is 4.98 Å². The number of fused-ring (bicyclic) bond motifs is 1. The Balaban J connectivity index is 1.40. The van der Waals surface area contributed by atoms with Crippen LogP contribution >= 0.6 is 27.3 Å². The third-order valence-electron chi connectivity index (χ3n) is 3.83. The Morgan fingerprint density at radius 1 is 1.29 bits per heavy atom. The second kappa shape index (κ2) is 6.14. The largest absolute Gasteiger partial charge is 0.455 e. The minimum absolute atomic E-state index is 0.159. The van der Waals surface area contributed by atoms with Crippen LogP contribution in [-0.2, 0) is 4.74 Å². The number of anilines is 1. The summed E-state index contributed by atoms with van der Waals surface area (Å²) in [7, 11) is 0. The molecule has 0 amide bonds. The van der Waals surface area contributed by atoms with Gasteiger partial charge in [0.15, 0.2) is 5.13 Å². The number of nitrogens with zero attached hydrogens (tertiary/aromatic N) is 2. The average molecular weight is 407 g/mol. The van der Waals surface area contributed by atoms with Crippen LogP contribution in [0.15, 0.2) is 46.9 Å². The van der Waals surface area contributed by atoms with Gasteiger partial charge < -0.3 is 9.64 Å². The maximum atomic E-state index is 13.2. The summed E-state index contributed by atoms with van der Waals surface area (Å²) in [5.41, 5.74) is 1.30. The highest BCUT2D eigenvalue weighted by molar-refractivity contribution is 9.10. The standard InChI is InChI=1S/C17H12BrFN2O2S/c18-13-4-2-1-3-12(13)16(22)23-11-8-21(9-11)17-20-14-6-5-10(19)7-15(14)24-17/h1-7,11H,8-9H2. The second-order valence-electron chi connectivity index (χ2n) is 5.52. The number of ether oxygens (including phenoxy) is 1. The molecule has 0 bridgehead atoms. The molecule has 0 atom stereocenters. The minimum atomic E-state index is -0.335. The van der Waals surface area contributed by atoms with Crippen molar-refractivity contribution in [3.63, 3.8) is 0 Å². The zero-order chi connectivity index (χ0) is 16.7. The van der Waals surface area contributed by atoms with Gasteiger partial charge in [-0.3, -0.25) is 0 Å². The molecule has 0 aliphatic carbocycles. The number of thiazole rings is 1. The van der Waals surface area contributed by atoms with Gasteiger partial charge in [0.25, 0.3) is 0 Å². The van der Waals surface area contributed by atoms with E-state index in [9.17, 15) is 9.18 Å². The van der Waals surface area contributed by atoms with Crippen molar-refractivity contribution in [2.45, 2.75) is 6.10 Å². The molecule has 2 heterocycles.